The van der Waals surface area contributed by atoms with E-state index in [1.54, 1.807) is 11.3 Å². The Bertz CT molecular complexity index is 1910. The van der Waals surface area contributed by atoms with Crippen molar-refractivity contribution < 1.29 is 20.1 Å². The molecule has 3 aromatic heterocycles. The Morgan fingerprint density at radius 1 is 0.619 bits per heavy atom. The van der Waals surface area contributed by atoms with Crippen LogP contribution in [0.3, 0.4) is 0 Å². The van der Waals surface area contributed by atoms with E-state index in [0.717, 1.165) is 33.0 Å². The second-order valence-corrected chi connectivity index (χ2v) is 10.8. The third kappa shape index (κ3) is 5.64. The van der Waals surface area contributed by atoms with Crippen LogP contribution in [0.1, 0.15) is 22.3 Å². The summed E-state index contributed by atoms with van der Waals surface area (Å²) < 4.78 is 5.41. The van der Waals surface area contributed by atoms with Crippen molar-refractivity contribution in [2.24, 2.45) is 0 Å². The van der Waals surface area contributed by atoms with Gasteiger partial charge in [0.2, 0.25) is 0 Å². The van der Waals surface area contributed by atoms with E-state index in [0.29, 0.717) is 0 Å². The number of thiazole rings is 1. The molecule has 0 aliphatic heterocycles. The molecule has 0 atom stereocenters. The first-order valence-electron chi connectivity index (χ1n) is 13.4. The van der Waals surface area contributed by atoms with Gasteiger partial charge >= 0.3 is 0 Å². The van der Waals surface area contributed by atoms with Crippen LogP contribution in [-0.2, 0) is 20.1 Å². The van der Waals surface area contributed by atoms with Gasteiger partial charge in [-0.1, -0.05) is 42.0 Å². The van der Waals surface area contributed by atoms with Crippen molar-refractivity contribution in [2.75, 3.05) is 0 Å². The average molecular weight is 744 g/mol. The van der Waals surface area contributed by atoms with E-state index in [1.807, 2.05) is 66.7 Å². The van der Waals surface area contributed by atoms with Crippen molar-refractivity contribution in [3.63, 3.8) is 0 Å². The van der Waals surface area contributed by atoms with Gasteiger partial charge in [0, 0.05) is 56.3 Å². The molecule has 42 heavy (non-hydrogen) atoms. The molecule has 3 heterocycles. The van der Waals surface area contributed by atoms with Crippen LogP contribution in [0.2, 0.25) is 0 Å². The summed E-state index contributed by atoms with van der Waals surface area (Å²) in [6.45, 7) is 8.51. The monoisotopic (exact) mass is 744 g/mol. The minimum atomic E-state index is 0. The molecule has 0 aliphatic rings. The molecule has 0 bridgehead atoms. The summed E-state index contributed by atoms with van der Waals surface area (Å²) in [5.41, 5.74) is 12.2. The first-order chi connectivity index (χ1) is 20.0. The predicted octanol–water partition coefficient (Wildman–Crippen LogP) is 8.52. The van der Waals surface area contributed by atoms with E-state index in [1.165, 1.54) is 33.6 Å². The standard InChI is InChI=1S/C18H14N3S.C17H15N2.Ir/c1-12-5-3-6-13(2)16(12)21-10-9-19-18(21)14-7-4-8-15-17(14)22-11-20-15;1-13-7-6-8-14(2)16(13)19-12-11-18-17(19)15-9-4-3-5-10-15;/h3-6,8-11H,1-2H3;3-9,11-12H,1-2H3;/q2*-1;. The fourth-order valence-electron chi connectivity index (χ4n) is 5.25. The van der Waals surface area contributed by atoms with Crippen LogP contribution in [0.25, 0.3) is 44.4 Å². The number of imidazole rings is 2. The summed E-state index contributed by atoms with van der Waals surface area (Å²) in [6.07, 6.45) is 7.70. The topological polar surface area (TPSA) is 48.5 Å². The average Bonchev–Trinajstić information content (AvgIpc) is 3.75. The maximum Gasteiger partial charge on any atom is 0.0692 e. The molecule has 0 amide bonds. The molecule has 5 nitrogen and oxygen atoms in total. The van der Waals surface area contributed by atoms with Crippen molar-refractivity contribution in [3.05, 3.63) is 137 Å². The van der Waals surface area contributed by atoms with E-state index >= 15 is 0 Å². The molecule has 0 unspecified atom stereocenters. The third-order valence-electron chi connectivity index (χ3n) is 7.11. The van der Waals surface area contributed by atoms with Gasteiger partial charge in [0.15, 0.2) is 0 Å². The number of rotatable bonds is 4. The summed E-state index contributed by atoms with van der Waals surface area (Å²) in [5, 5.41) is 0. The Hall–Kier alpha value is -4.16. The van der Waals surface area contributed by atoms with Crippen molar-refractivity contribution in [2.45, 2.75) is 27.7 Å². The zero-order valence-electron chi connectivity index (χ0n) is 23.8. The van der Waals surface area contributed by atoms with Crippen LogP contribution < -0.4 is 0 Å². The van der Waals surface area contributed by atoms with Crippen molar-refractivity contribution in [3.8, 4) is 34.2 Å². The van der Waals surface area contributed by atoms with Crippen LogP contribution in [0.5, 0.6) is 0 Å². The number of para-hydroxylation sites is 2. The van der Waals surface area contributed by atoms with Gasteiger partial charge in [-0.3, -0.25) is 15.0 Å². The number of fused-ring (bicyclic) bond motifs is 1. The molecule has 0 spiro atoms. The molecule has 7 heteroatoms. The molecule has 7 rings (SSSR count). The predicted molar refractivity (Wildman–Crippen MR) is 168 cm³/mol. The van der Waals surface area contributed by atoms with Gasteiger partial charge in [0.1, 0.15) is 0 Å². The first-order valence-corrected chi connectivity index (χ1v) is 14.3. The molecule has 4 aromatic carbocycles. The van der Waals surface area contributed by atoms with E-state index in [4.69, 9.17) is 0 Å². The molecule has 0 saturated carbocycles. The molecule has 7 aromatic rings. The zero-order chi connectivity index (χ0) is 28.3. The van der Waals surface area contributed by atoms with Crippen LogP contribution in [0.4, 0.5) is 0 Å². The van der Waals surface area contributed by atoms with Gasteiger partial charge in [-0.05, 0) is 60.2 Å². The van der Waals surface area contributed by atoms with Crippen LogP contribution in [0.15, 0.2) is 103 Å². The van der Waals surface area contributed by atoms with Gasteiger partial charge in [0.05, 0.1) is 17.2 Å². The molecule has 0 fully saturated rings. The van der Waals surface area contributed by atoms with Gasteiger partial charge in [0.25, 0.3) is 0 Å². The number of hydrogen-bond acceptors (Lipinski definition) is 4. The van der Waals surface area contributed by atoms with Gasteiger partial charge in [-0.15, -0.1) is 54.1 Å². The summed E-state index contributed by atoms with van der Waals surface area (Å²) >= 11 is 1.63. The summed E-state index contributed by atoms with van der Waals surface area (Å²) in [5.74, 6) is 1.84. The minimum absolute atomic E-state index is 0. The maximum absolute atomic E-state index is 4.59. The first kappa shape index (κ1) is 29.3. The van der Waals surface area contributed by atoms with E-state index < -0.39 is 0 Å². The van der Waals surface area contributed by atoms with Crippen molar-refractivity contribution in [1.29, 1.82) is 0 Å². The Labute approximate surface area is 263 Å². The van der Waals surface area contributed by atoms with Crippen LogP contribution in [-0.4, -0.2) is 24.1 Å². The molecular formula is C35H29IrN5S-2. The fourth-order valence-corrected chi connectivity index (χ4v) is 6.03. The van der Waals surface area contributed by atoms with Gasteiger partial charge in [-0.25, -0.2) is 0 Å². The second-order valence-electron chi connectivity index (χ2n) is 9.92. The Balaban J connectivity index is 0.000000166. The maximum atomic E-state index is 4.59. The molecule has 211 valence electrons. The summed E-state index contributed by atoms with van der Waals surface area (Å²) in [7, 11) is 0. The summed E-state index contributed by atoms with van der Waals surface area (Å²) in [6, 6.07) is 31.1. The third-order valence-corrected chi connectivity index (χ3v) is 7.97. The molecule has 0 N–H and O–H groups in total. The Kier molecular flexibility index (Phi) is 8.93. The summed E-state index contributed by atoms with van der Waals surface area (Å²) in [4.78, 5) is 13.5. The number of hydrogen-bond donors (Lipinski definition) is 0. The van der Waals surface area contributed by atoms with E-state index in [2.05, 4.69) is 100 Å². The quantitative estimate of drug-likeness (QED) is 0.170. The van der Waals surface area contributed by atoms with Crippen molar-refractivity contribution >= 4 is 21.6 Å². The largest absolute Gasteiger partial charge is 0.340 e. The van der Waals surface area contributed by atoms with Gasteiger partial charge < -0.3 is 9.13 Å². The number of benzene rings is 4. The molecular weight excluding hydrogens is 715 g/mol. The molecule has 0 aliphatic carbocycles. The molecule has 0 saturated heterocycles. The van der Waals surface area contributed by atoms with Crippen LogP contribution >= 0.6 is 11.3 Å². The zero-order valence-corrected chi connectivity index (χ0v) is 27.0. The Morgan fingerprint density at radius 3 is 1.81 bits per heavy atom. The van der Waals surface area contributed by atoms with E-state index in [9.17, 15) is 0 Å². The van der Waals surface area contributed by atoms with Gasteiger partial charge in [-0.2, -0.15) is 11.3 Å². The normalized spacial score (nSPS) is 10.7. The Morgan fingerprint density at radius 2 is 1.21 bits per heavy atom. The second kappa shape index (κ2) is 12.8. The number of nitrogens with zero attached hydrogens (tertiary/aromatic N) is 5. The fraction of sp³-hybridized carbons (Fsp3) is 0.114. The number of aromatic nitrogens is 5. The van der Waals surface area contributed by atoms with Crippen LogP contribution in [0, 0.1) is 39.8 Å². The van der Waals surface area contributed by atoms with Crippen molar-refractivity contribution in [1.82, 2.24) is 24.1 Å². The number of aryl methyl sites for hydroxylation is 4. The SMILES string of the molecule is Cc1cccc(C)c1-n1ccnc1-c1[c-]ccc2ncsc12.Cc1cccc(C)c1-n1ccnc1-c1[c-]cccc1.[Ir]. The molecule has 1 radical (unpaired) electrons. The smallest absolute Gasteiger partial charge is 0.0692 e. The minimum Gasteiger partial charge on any atom is -0.340 e. The van der Waals surface area contributed by atoms with E-state index in [-0.39, 0.29) is 20.1 Å².